The van der Waals surface area contributed by atoms with Gasteiger partial charge in [0.15, 0.2) is 0 Å². The van der Waals surface area contributed by atoms with Gasteiger partial charge in [0.2, 0.25) is 5.88 Å². The van der Waals surface area contributed by atoms with Gasteiger partial charge in [-0.25, -0.2) is 4.98 Å². The van der Waals surface area contributed by atoms with E-state index in [4.69, 9.17) is 4.74 Å². The lowest BCUT2D eigenvalue weighted by Gasteiger charge is -2.13. The minimum atomic E-state index is -4.47. The van der Waals surface area contributed by atoms with Gasteiger partial charge in [-0.1, -0.05) is 30.3 Å². The number of carbonyl (C=O) groups is 1. The van der Waals surface area contributed by atoms with E-state index in [1.165, 1.54) is 19.4 Å². The van der Waals surface area contributed by atoms with Crippen molar-refractivity contribution in [2.75, 3.05) is 12.4 Å². The Morgan fingerprint density at radius 2 is 1.73 bits per heavy atom. The smallest absolute Gasteiger partial charge is 0.416 e. The maximum absolute atomic E-state index is 13.0. The first kappa shape index (κ1) is 21.5. The Morgan fingerprint density at radius 1 is 1.07 bits per heavy atom. The van der Waals surface area contributed by atoms with Crippen molar-refractivity contribution >= 4 is 22.4 Å². The van der Waals surface area contributed by atoms with Crippen LogP contribution in [0.15, 0.2) is 71.8 Å². The van der Waals surface area contributed by atoms with Crippen molar-refractivity contribution in [1.29, 1.82) is 0 Å². The summed E-state index contributed by atoms with van der Waals surface area (Å²) in [6, 6.07) is 14.5. The highest BCUT2D eigenvalue weighted by Crippen LogP contribution is 2.30. The van der Waals surface area contributed by atoms with E-state index < -0.39 is 28.4 Å². The van der Waals surface area contributed by atoms with Crippen molar-refractivity contribution < 1.29 is 26.9 Å². The van der Waals surface area contributed by atoms with Crippen LogP contribution in [0.4, 0.5) is 18.9 Å². The molecule has 3 rings (SSSR count). The Hall–Kier alpha value is -3.20. The number of benzene rings is 2. The number of nitrogens with one attached hydrogen (secondary N) is 1. The Kier molecular flexibility index (Phi) is 6.51. The molecule has 0 aliphatic carbocycles. The van der Waals surface area contributed by atoms with E-state index in [-0.39, 0.29) is 27.8 Å². The highest BCUT2D eigenvalue weighted by atomic mass is 32.2. The van der Waals surface area contributed by atoms with Crippen LogP contribution < -0.4 is 10.1 Å². The van der Waals surface area contributed by atoms with Gasteiger partial charge < -0.3 is 10.1 Å². The zero-order valence-corrected chi connectivity index (χ0v) is 16.6. The number of anilines is 1. The molecule has 1 heterocycles. The molecule has 5 nitrogen and oxygen atoms in total. The van der Waals surface area contributed by atoms with Gasteiger partial charge in [0.05, 0.1) is 34.8 Å². The van der Waals surface area contributed by atoms with Crippen LogP contribution in [0.3, 0.4) is 0 Å². The summed E-state index contributed by atoms with van der Waals surface area (Å²) in [5, 5.41) is 2.52. The number of alkyl halides is 3. The molecule has 3 aromatic rings. The molecule has 156 valence electrons. The summed E-state index contributed by atoms with van der Waals surface area (Å²) in [7, 11) is -0.298. The van der Waals surface area contributed by atoms with E-state index in [1.54, 1.807) is 0 Å². The van der Waals surface area contributed by atoms with Crippen molar-refractivity contribution in [3.63, 3.8) is 0 Å². The molecule has 0 saturated heterocycles. The standard InChI is InChI=1S/C21H17F3N2O3S/c1-29-20-18(30(28)13-14-5-3-2-4-6-14)17(11-12-25-20)19(27)26-16-9-7-15(8-10-16)21(22,23)24/h2-12H,13H2,1H3,(H,26,27). The Labute approximate surface area is 173 Å². The molecule has 0 radical (unpaired) electrons. The number of pyridine rings is 1. The summed E-state index contributed by atoms with van der Waals surface area (Å²) in [6.07, 6.45) is -3.13. The molecule has 0 saturated carbocycles. The van der Waals surface area contributed by atoms with Crippen molar-refractivity contribution in [2.45, 2.75) is 16.8 Å². The van der Waals surface area contributed by atoms with E-state index in [9.17, 15) is 22.2 Å². The fraction of sp³-hybridized carbons (Fsp3) is 0.143. The predicted octanol–water partition coefficient (Wildman–Crippen LogP) is 4.67. The number of halogens is 3. The first-order chi connectivity index (χ1) is 14.3. The topological polar surface area (TPSA) is 68.3 Å². The molecule has 2 aromatic carbocycles. The molecule has 1 aromatic heterocycles. The van der Waals surface area contributed by atoms with E-state index in [0.717, 1.165) is 29.8 Å². The average Bonchev–Trinajstić information content (AvgIpc) is 2.73. The number of hydrogen-bond donors (Lipinski definition) is 1. The molecule has 0 bridgehead atoms. The summed E-state index contributed by atoms with van der Waals surface area (Å²) >= 11 is 0. The molecule has 1 N–H and O–H groups in total. The molecular formula is C21H17F3N2O3S. The molecular weight excluding hydrogens is 417 g/mol. The fourth-order valence-corrected chi connectivity index (χ4v) is 4.09. The SMILES string of the molecule is COc1nccc(C(=O)Nc2ccc(C(F)(F)F)cc2)c1S(=O)Cc1ccccc1. The Morgan fingerprint density at radius 3 is 2.33 bits per heavy atom. The molecule has 9 heteroatoms. The monoisotopic (exact) mass is 434 g/mol. The Balaban J connectivity index is 1.88. The second kappa shape index (κ2) is 9.08. The second-order valence-corrected chi connectivity index (χ2v) is 7.59. The van der Waals surface area contributed by atoms with Crippen LogP contribution >= 0.6 is 0 Å². The van der Waals surface area contributed by atoms with Crippen LogP contribution in [-0.4, -0.2) is 22.2 Å². The van der Waals surface area contributed by atoms with Crippen molar-refractivity contribution in [2.24, 2.45) is 0 Å². The third-order valence-electron chi connectivity index (χ3n) is 4.15. The van der Waals surface area contributed by atoms with E-state index >= 15 is 0 Å². The van der Waals surface area contributed by atoms with Gasteiger partial charge in [-0.15, -0.1) is 0 Å². The van der Waals surface area contributed by atoms with Gasteiger partial charge in [-0.3, -0.25) is 9.00 Å². The average molecular weight is 434 g/mol. The molecule has 0 aliphatic rings. The molecule has 1 unspecified atom stereocenters. The van der Waals surface area contributed by atoms with Gasteiger partial charge in [0, 0.05) is 11.9 Å². The maximum atomic E-state index is 13.0. The lowest BCUT2D eigenvalue weighted by Crippen LogP contribution is -2.17. The predicted molar refractivity (Wildman–Crippen MR) is 107 cm³/mol. The third kappa shape index (κ3) is 5.04. The lowest BCUT2D eigenvalue weighted by atomic mass is 10.2. The van der Waals surface area contributed by atoms with Crippen LogP contribution in [0.1, 0.15) is 21.5 Å². The first-order valence-electron chi connectivity index (χ1n) is 8.73. The summed E-state index contributed by atoms with van der Waals surface area (Å²) in [6.45, 7) is 0. The summed E-state index contributed by atoms with van der Waals surface area (Å²) in [5.74, 6) is -0.445. The molecule has 1 atom stereocenters. The van der Waals surface area contributed by atoms with Crippen molar-refractivity contribution in [3.8, 4) is 5.88 Å². The number of amides is 1. The van der Waals surface area contributed by atoms with Gasteiger partial charge in [0.1, 0.15) is 4.90 Å². The van der Waals surface area contributed by atoms with Crippen LogP contribution in [0.2, 0.25) is 0 Å². The summed E-state index contributed by atoms with van der Waals surface area (Å²) in [4.78, 5) is 16.9. The number of nitrogens with zero attached hydrogens (tertiary/aromatic N) is 1. The summed E-state index contributed by atoms with van der Waals surface area (Å²) < 4.78 is 56.3. The largest absolute Gasteiger partial charge is 0.480 e. The quantitative estimate of drug-likeness (QED) is 0.612. The highest BCUT2D eigenvalue weighted by molar-refractivity contribution is 7.84. The van der Waals surface area contributed by atoms with Gasteiger partial charge >= 0.3 is 6.18 Å². The van der Waals surface area contributed by atoms with E-state index in [2.05, 4.69) is 10.3 Å². The molecule has 0 aliphatic heterocycles. The fourth-order valence-electron chi connectivity index (χ4n) is 2.71. The van der Waals surface area contributed by atoms with Crippen molar-refractivity contribution in [1.82, 2.24) is 4.98 Å². The number of carbonyl (C=O) groups excluding carboxylic acids is 1. The molecule has 0 fully saturated rings. The zero-order valence-electron chi connectivity index (χ0n) is 15.8. The third-order valence-corrected chi connectivity index (χ3v) is 5.59. The van der Waals surface area contributed by atoms with Gasteiger partial charge in [-0.05, 0) is 35.9 Å². The zero-order chi connectivity index (χ0) is 21.7. The number of aromatic nitrogens is 1. The summed E-state index contributed by atoms with van der Waals surface area (Å²) in [5.41, 5.74) is 0.214. The van der Waals surface area contributed by atoms with Gasteiger partial charge in [0.25, 0.3) is 5.91 Å². The van der Waals surface area contributed by atoms with Crippen LogP contribution in [0, 0.1) is 0 Å². The maximum Gasteiger partial charge on any atom is 0.416 e. The highest BCUT2D eigenvalue weighted by Gasteiger charge is 2.30. The normalized spacial score (nSPS) is 12.3. The van der Waals surface area contributed by atoms with Crippen LogP contribution in [-0.2, 0) is 22.7 Å². The number of hydrogen-bond acceptors (Lipinski definition) is 4. The number of ether oxygens (including phenoxy) is 1. The molecule has 0 spiro atoms. The molecule has 1 amide bonds. The minimum Gasteiger partial charge on any atom is -0.480 e. The van der Waals surface area contributed by atoms with Gasteiger partial charge in [-0.2, -0.15) is 13.2 Å². The number of rotatable bonds is 6. The minimum absolute atomic E-state index is 0.0457. The lowest BCUT2D eigenvalue weighted by molar-refractivity contribution is -0.137. The number of methoxy groups -OCH3 is 1. The Bertz CT molecular complexity index is 1060. The van der Waals surface area contributed by atoms with Crippen molar-refractivity contribution in [3.05, 3.63) is 83.6 Å². The van der Waals surface area contributed by atoms with E-state index in [1.807, 2.05) is 30.3 Å². The first-order valence-corrected chi connectivity index (χ1v) is 10.1. The van der Waals surface area contributed by atoms with Crippen LogP contribution in [0.25, 0.3) is 0 Å². The van der Waals surface area contributed by atoms with Crippen LogP contribution in [0.5, 0.6) is 5.88 Å². The second-order valence-electron chi connectivity index (χ2n) is 6.20. The van der Waals surface area contributed by atoms with E-state index in [0.29, 0.717) is 0 Å². The molecule has 30 heavy (non-hydrogen) atoms.